The van der Waals surface area contributed by atoms with Crippen molar-refractivity contribution in [1.29, 1.82) is 0 Å². The van der Waals surface area contributed by atoms with Crippen LogP contribution in [0.15, 0.2) is 30.5 Å². The van der Waals surface area contributed by atoms with Gasteiger partial charge in [0, 0.05) is 24.7 Å². The highest BCUT2D eigenvalue weighted by Crippen LogP contribution is 2.13. The molecule has 2 aromatic rings. The number of rotatable bonds is 6. The van der Waals surface area contributed by atoms with Crippen LogP contribution in [0.1, 0.15) is 19.8 Å². The molecule has 1 atom stereocenters. The Morgan fingerprint density at radius 2 is 2.17 bits per heavy atom. The van der Waals surface area contributed by atoms with Gasteiger partial charge in [-0.05, 0) is 18.4 Å². The summed E-state index contributed by atoms with van der Waals surface area (Å²) in [5, 5.41) is 13.2. The largest absolute Gasteiger partial charge is 0.396 e. The average Bonchev–Trinajstić information content (AvgIpc) is 2.43. The molecule has 2 N–H and O–H groups in total. The molecule has 1 heterocycles. The normalized spacial score (nSPS) is 12.6. The van der Waals surface area contributed by atoms with Crippen LogP contribution in [0, 0.1) is 5.92 Å². The fourth-order valence-electron chi connectivity index (χ4n) is 1.93. The van der Waals surface area contributed by atoms with E-state index < -0.39 is 0 Å². The highest BCUT2D eigenvalue weighted by atomic mass is 16.3. The summed E-state index contributed by atoms with van der Waals surface area (Å²) in [6.45, 7) is 3.16. The van der Waals surface area contributed by atoms with E-state index >= 15 is 0 Å². The second kappa shape index (κ2) is 6.31. The minimum absolute atomic E-state index is 0.235. The molecule has 2 rings (SSSR count). The summed E-state index contributed by atoms with van der Waals surface area (Å²) in [5.41, 5.74) is 0.949. The highest BCUT2D eigenvalue weighted by Gasteiger charge is 2.06. The van der Waals surface area contributed by atoms with E-state index in [0.29, 0.717) is 11.9 Å². The van der Waals surface area contributed by atoms with Crippen LogP contribution in [0.5, 0.6) is 0 Å². The predicted molar refractivity (Wildman–Crippen MR) is 73.5 cm³/mol. The minimum Gasteiger partial charge on any atom is -0.396 e. The Morgan fingerprint density at radius 1 is 1.33 bits per heavy atom. The lowest BCUT2D eigenvalue weighted by atomic mass is 10.0. The second-order valence-corrected chi connectivity index (χ2v) is 4.42. The number of anilines is 1. The molecule has 0 saturated carbocycles. The number of para-hydroxylation sites is 1. The second-order valence-electron chi connectivity index (χ2n) is 4.42. The molecule has 18 heavy (non-hydrogen) atoms. The van der Waals surface area contributed by atoms with Crippen molar-refractivity contribution in [3.63, 3.8) is 0 Å². The van der Waals surface area contributed by atoms with E-state index in [1.54, 1.807) is 0 Å². The molecular formula is C14H19N3O. The molecule has 0 spiro atoms. The van der Waals surface area contributed by atoms with Gasteiger partial charge in [0.1, 0.15) is 0 Å². The van der Waals surface area contributed by atoms with Crippen LogP contribution < -0.4 is 5.32 Å². The van der Waals surface area contributed by atoms with E-state index in [2.05, 4.69) is 22.2 Å². The van der Waals surface area contributed by atoms with Crippen molar-refractivity contribution >= 4 is 16.9 Å². The molecular weight excluding hydrogens is 226 g/mol. The van der Waals surface area contributed by atoms with E-state index in [-0.39, 0.29) is 6.61 Å². The number of aliphatic hydroxyl groups is 1. The third-order valence-corrected chi connectivity index (χ3v) is 3.15. The lowest BCUT2D eigenvalue weighted by molar-refractivity contribution is 0.258. The maximum atomic E-state index is 8.95. The van der Waals surface area contributed by atoms with Crippen LogP contribution in [-0.2, 0) is 0 Å². The van der Waals surface area contributed by atoms with Gasteiger partial charge in [-0.15, -0.1) is 0 Å². The van der Waals surface area contributed by atoms with Gasteiger partial charge < -0.3 is 10.4 Å². The summed E-state index contributed by atoms with van der Waals surface area (Å²) >= 11 is 0. The van der Waals surface area contributed by atoms with Gasteiger partial charge in [0.15, 0.2) is 0 Å². The van der Waals surface area contributed by atoms with Crippen LogP contribution in [0.25, 0.3) is 10.9 Å². The van der Waals surface area contributed by atoms with E-state index in [0.717, 1.165) is 30.3 Å². The number of aliphatic hydroxyl groups excluding tert-OH is 1. The van der Waals surface area contributed by atoms with Crippen LogP contribution >= 0.6 is 0 Å². The molecule has 1 aromatic carbocycles. The third kappa shape index (κ3) is 3.17. The zero-order valence-corrected chi connectivity index (χ0v) is 10.6. The van der Waals surface area contributed by atoms with Crippen molar-refractivity contribution in [2.24, 2.45) is 5.92 Å². The highest BCUT2D eigenvalue weighted by molar-refractivity contribution is 5.78. The molecule has 1 unspecified atom stereocenters. The van der Waals surface area contributed by atoms with Crippen molar-refractivity contribution < 1.29 is 5.11 Å². The number of hydrogen-bond acceptors (Lipinski definition) is 4. The van der Waals surface area contributed by atoms with Gasteiger partial charge in [-0.1, -0.05) is 31.5 Å². The summed E-state index contributed by atoms with van der Waals surface area (Å²) in [4.78, 5) is 8.75. The number of hydrogen-bond donors (Lipinski definition) is 2. The SMILES string of the molecule is CCC(CCO)CNc1ncc2ccccc2n1. The smallest absolute Gasteiger partial charge is 0.223 e. The minimum atomic E-state index is 0.235. The van der Waals surface area contributed by atoms with Crippen molar-refractivity contribution in [1.82, 2.24) is 9.97 Å². The quantitative estimate of drug-likeness (QED) is 0.820. The molecule has 96 valence electrons. The molecule has 4 nitrogen and oxygen atoms in total. The van der Waals surface area contributed by atoms with Crippen molar-refractivity contribution in [2.75, 3.05) is 18.5 Å². The molecule has 0 bridgehead atoms. The first kappa shape index (κ1) is 12.8. The van der Waals surface area contributed by atoms with Crippen LogP contribution in [0.2, 0.25) is 0 Å². The van der Waals surface area contributed by atoms with Gasteiger partial charge in [-0.25, -0.2) is 9.97 Å². The van der Waals surface area contributed by atoms with Gasteiger partial charge in [-0.2, -0.15) is 0 Å². The van der Waals surface area contributed by atoms with Gasteiger partial charge in [-0.3, -0.25) is 0 Å². The lowest BCUT2D eigenvalue weighted by Gasteiger charge is -2.14. The maximum Gasteiger partial charge on any atom is 0.223 e. The summed E-state index contributed by atoms with van der Waals surface area (Å²) < 4.78 is 0. The van der Waals surface area contributed by atoms with E-state index in [9.17, 15) is 0 Å². The number of nitrogens with zero attached hydrogens (tertiary/aromatic N) is 2. The lowest BCUT2D eigenvalue weighted by Crippen LogP contribution is -2.16. The van der Waals surface area contributed by atoms with Crippen molar-refractivity contribution in [3.05, 3.63) is 30.5 Å². The Kier molecular flexibility index (Phi) is 4.47. The molecule has 0 aliphatic heterocycles. The monoisotopic (exact) mass is 245 g/mol. The summed E-state index contributed by atoms with van der Waals surface area (Å²) in [6, 6.07) is 7.93. The van der Waals surface area contributed by atoms with Crippen molar-refractivity contribution in [2.45, 2.75) is 19.8 Å². The Morgan fingerprint density at radius 3 is 2.94 bits per heavy atom. The van der Waals surface area contributed by atoms with Gasteiger partial charge in [0.2, 0.25) is 5.95 Å². The fraction of sp³-hybridized carbons (Fsp3) is 0.429. The Balaban J connectivity index is 2.03. The van der Waals surface area contributed by atoms with Crippen LogP contribution in [0.4, 0.5) is 5.95 Å². The predicted octanol–water partition coefficient (Wildman–Crippen LogP) is 2.45. The van der Waals surface area contributed by atoms with Gasteiger partial charge in [0.05, 0.1) is 5.52 Å². The first-order valence-electron chi connectivity index (χ1n) is 6.40. The van der Waals surface area contributed by atoms with E-state index in [4.69, 9.17) is 5.11 Å². The Bertz CT molecular complexity index is 501. The molecule has 4 heteroatoms. The first-order chi connectivity index (χ1) is 8.83. The number of fused-ring (bicyclic) bond motifs is 1. The molecule has 1 aromatic heterocycles. The van der Waals surface area contributed by atoms with Crippen LogP contribution in [-0.4, -0.2) is 28.2 Å². The third-order valence-electron chi connectivity index (χ3n) is 3.15. The average molecular weight is 245 g/mol. The fourth-order valence-corrected chi connectivity index (χ4v) is 1.93. The van der Waals surface area contributed by atoms with Gasteiger partial charge in [0.25, 0.3) is 0 Å². The van der Waals surface area contributed by atoms with E-state index in [1.165, 1.54) is 0 Å². The topological polar surface area (TPSA) is 58.0 Å². The number of benzene rings is 1. The molecule has 0 aliphatic rings. The summed E-state index contributed by atoms with van der Waals surface area (Å²) in [5.74, 6) is 1.12. The van der Waals surface area contributed by atoms with Gasteiger partial charge >= 0.3 is 0 Å². The maximum absolute atomic E-state index is 8.95. The molecule has 0 amide bonds. The Labute approximate surface area is 107 Å². The molecule has 0 fully saturated rings. The summed E-state index contributed by atoms with van der Waals surface area (Å²) in [6.07, 6.45) is 3.69. The summed E-state index contributed by atoms with van der Waals surface area (Å²) in [7, 11) is 0. The first-order valence-corrected chi connectivity index (χ1v) is 6.40. The van der Waals surface area contributed by atoms with Crippen LogP contribution in [0.3, 0.4) is 0 Å². The zero-order valence-electron chi connectivity index (χ0n) is 10.6. The molecule has 0 aliphatic carbocycles. The Hall–Kier alpha value is -1.68. The van der Waals surface area contributed by atoms with E-state index in [1.807, 2.05) is 30.5 Å². The van der Waals surface area contributed by atoms with Crippen molar-refractivity contribution in [3.8, 4) is 0 Å². The molecule has 0 saturated heterocycles. The number of aromatic nitrogens is 2. The standard InChI is InChI=1S/C14H19N3O/c1-2-11(7-8-18)9-15-14-16-10-12-5-3-4-6-13(12)17-14/h3-6,10-11,18H,2,7-9H2,1H3,(H,15,16,17). The molecule has 0 radical (unpaired) electrons. The zero-order chi connectivity index (χ0) is 12.8. The number of nitrogens with one attached hydrogen (secondary N) is 1.